The number of thiophene rings is 1. The molecule has 2 aliphatic rings. The van der Waals surface area contributed by atoms with Crippen molar-refractivity contribution in [3.63, 3.8) is 0 Å². The molecule has 0 aromatic carbocycles. The summed E-state index contributed by atoms with van der Waals surface area (Å²) in [6.07, 6.45) is 3.54. The molecule has 2 unspecified atom stereocenters. The van der Waals surface area contributed by atoms with Gasteiger partial charge >= 0.3 is 0 Å². The minimum absolute atomic E-state index is 0.0100. The van der Waals surface area contributed by atoms with Crippen LogP contribution in [0.25, 0.3) is 0 Å². The zero-order chi connectivity index (χ0) is 15.7. The first-order chi connectivity index (χ1) is 10.5. The molecule has 0 saturated carbocycles. The van der Waals surface area contributed by atoms with Crippen molar-refractivity contribution >= 4 is 27.3 Å². The lowest BCUT2D eigenvalue weighted by molar-refractivity contribution is -0.136. The Balaban J connectivity index is 1.80. The van der Waals surface area contributed by atoms with Gasteiger partial charge in [-0.05, 0) is 43.0 Å². The molecule has 1 amide bonds. The van der Waals surface area contributed by atoms with Crippen molar-refractivity contribution in [2.75, 3.05) is 19.6 Å². The Labute approximate surface area is 136 Å². The van der Waals surface area contributed by atoms with Gasteiger partial charge < -0.3 is 4.90 Å². The summed E-state index contributed by atoms with van der Waals surface area (Å²) >= 11 is 1.21. The summed E-state index contributed by atoms with van der Waals surface area (Å²) in [5, 5.41) is 1.76. The van der Waals surface area contributed by atoms with Gasteiger partial charge in [-0.3, -0.25) is 4.79 Å². The summed E-state index contributed by atoms with van der Waals surface area (Å²) in [5.74, 6) is 0.491. The van der Waals surface area contributed by atoms with Crippen molar-refractivity contribution in [1.29, 1.82) is 0 Å². The number of sulfonamides is 1. The lowest BCUT2D eigenvalue weighted by Crippen LogP contribution is -2.50. The predicted molar refractivity (Wildman–Crippen MR) is 86.2 cm³/mol. The van der Waals surface area contributed by atoms with Gasteiger partial charge in [0.05, 0.1) is 0 Å². The Kier molecular flexibility index (Phi) is 4.56. The van der Waals surface area contributed by atoms with Crippen molar-refractivity contribution in [3.05, 3.63) is 17.5 Å². The summed E-state index contributed by atoms with van der Waals surface area (Å²) < 4.78 is 27.2. The van der Waals surface area contributed by atoms with Crippen molar-refractivity contribution in [2.45, 2.75) is 42.9 Å². The van der Waals surface area contributed by atoms with Gasteiger partial charge in [0.25, 0.3) is 10.0 Å². The summed E-state index contributed by atoms with van der Waals surface area (Å²) in [4.78, 5) is 14.7. The molecule has 122 valence electrons. The highest BCUT2D eigenvalue weighted by atomic mass is 32.2. The topological polar surface area (TPSA) is 57.7 Å². The highest BCUT2D eigenvalue weighted by Crippen LogP contribution is 2.30. The van der Waals surface area contributed by atoms with Crippen molar-refractivity contribution in [1.82, 2.24) is 9.21 Å². The van der Waals surface area contributed by atoms with Gasteiger partial charge in [-0.25, -0.2) is 8.42 Å². The number of rotatable bonds is 3. The molecule has 2 atom stereocenters. The van der Waals surface area contributed by atoms with E-state index in [1.54, 1.807) is 17.5 Å². The second-order valence-electron chi connectivity index (χ2n) is 6.24. The molecule has 0 bridgehead atoms. The van der Waals surface area contributed by atoms with Crippen LogP contribution in [0.5, 0.6) is 0 Å². The van der Waals surface area contributed by atoms with E-state index in [0.29, 0.717) is 23.1 Å². The van der Waals surface area contributed by atoms with Gasteiger partial charge in [-0.15, -0.1) is 11.3 Å². The maximum atomic E-state index is 12.8. The third-order valence-corrected chi connectivity index (χ3v) is 7.80. The molecular formula is C15H22N2O3S2. The molecule has 0 radical (unpaired) electrons. The first-order valence-corrected chi connectivity index (χ1v) is 10.2. The number of carbonyl (C=O) groups excluding carboxylic acids is 1. The lowest BCUT2D eigenvalue weighted by atomic mass is 9.99. The SMILES string of the molecule is CC1CCCN(C(=O)C2CCCN2S(=O)(=O)c2cccs2)C1. The smallest absolute Gasteiger partial charge is 0.253 e. The molecule has 0 N–H and O–H groups in total. The quantitative estimate of drug-likeness (QED) is 0.846. The molecule has 3 rings (SSSR count). The fraction of sp³-hybridized carbons (Fsp3) is 0.667. The second kappa shape index (κ2) is 6.29. The normalized spacial score (nSPS) is 27.2. The van der Waals surface area contributed by atoms with Crippen LogP contribution in [0.4, 0.5) is 0 Å². The van der Waals surface area contributed by atoms with Gasteiger partial charge in [0, 0.05) is 19.6 Å². The lowest BCUT2D eigenvalue weighted by Gasteiger charge is -2.34. The molecule has 7 heteroatoms. The average Bonchev–Trinajstić information content (AvgIpc) is 3.18. The van der Waals surface area contributed by atoms with Crippen LogP contribution in [-0.4, -0.2) is 49.2 Å². The minimum Gasteiger partial charge on any atom is -0.341 e. The molecule has 5 nitrogen and oxygen atoms in total. The van der Waals surface area contributed by atoms with Gasteiger partial charge in [-0.2, -0.15) is 4.31 Å². The third kappa shape index (κ3) is 2.94. The van der Waals surface area contributed by atoms with Crippen LogP contribution in [0.2, 0.25) is 0 Å². The van der Waals surface area contributed by atoms with E-state index in [9.17, 15) is 13.2 Å². The van der Waals surface area contributed by atoms with Gasteiger partial charge in [-0.1, -0.05) is 13.0 Å². The Morgan fingerprint density at radius 2 is 2.05 bits per heavy atom. The van der Waals surface area contributed by atoms with E-state index in [1.165, 1.54) is 15.6 Å². The second-order valence-corrected chi connectivity index (χ2v) is 9.30. The Morgan fingerprint density at radius 1 is 1.27 bits per heavy atom. The van der Waals surface area contributed by atoms with E-state index in [4.69, 9.17) is 0 Å². The van der Waals surface area contributed by atoms with E-state index >= 15 is 0 Å². The van der Waals surface area contributed by atoms with Crippen molar-refractivity contribution < 1.29 is 13.2 Å². The van der Waals surface area contributed by atoms with E-state index in [0.717, 1.165) is 32.4 Å². The average molecular weight is 342 g/mol. The molecular weight excluding hydrogens is 320 g/mol. The molecule has 22 heavy (non-hydrogen) atoms. The van der Waals surface area contributed by atoms with Gasteiger partial charge in [0.1, 0.15) is 10.3 Å². The number of carbonyl (C=O) groups is 1. The molecule has 0 spiro atoms. The van der Waals surface area contributed by atoms with Crippen LogP contribution in [-0.2, 0) is 14.8 Å². The number of amides is 1. The first kappa shape index (κ1) is 16.0. The maximum absolute atomic E-state index is 12.8. The van der Waals surface area contributed by atoms with E-state index < -0.39 is 16.1 Å². The first-order valence-electron chi connectivity index (χ1n) is 7.84. The number of hydrogen-bond donors (Lipinski definition) is 0. The number of likely N-dealkylation sites (tertiary alicyclic amines) is 1. The third-order valence-electron chi connectivity index (χ3n) is 4.52. The van der Waals surface area contributed by atoms with Crippen LogP contribution < -0.4 is 0 Å². The molecule has 1 aromatic heterocycles. The number of nitrogens with zero attached hydrogens (tertiary/aromatic N) is 2. The van der Waals surface area contributed by atoms with E-state index in [-0.39, 0.29) is 5.91 Å². The van der Waals surface area contributed by atoms with Gasteiger partial charge in [0.2, 0.25) is 5.91 Å². The number of hydrogen-bond acceptors (Lipinski definition) is 4. The minimum atomic E-state index is -3.54. The van der Waals surface area contributed by atoms with Crippen molar-refractivity contribution in [2.24, 2.45) is 5.92 Å². The van der Waals surface area contributed by atoms with Crippen LogP contribution >= 0.6 is 11.3 Å². The highest BCUT2D eigenvalue weighted by molar-refractivity contribution is 7.91. The molecule has 3 heterocycles. The molecule has 2 aliphatic heterocycles. The number of piperidine rings is 1. The van der Waals surface area contributed by atoms with Crippen LogP contribution in [0.3, 0.4) is 0 Å². The zero-order valence-corrected chi connectivity index (χ0v) is 14.4. The highest BCUT2D eigenvalue weighted by Gasteiger charge is 2.41. The van der Waals surface area contributed by atoms with Crippen LogP contribution in [0.15, 0.2) is 21.7 Å². The standard InChI is InChI=1S/C15H22N2O3S2/c1-12-5-2-8-16(11-12)15(18)13-6-3-9-17(13)22(19,20)14-7-4-10-21-14/h4,7,10,12-13H,2-3,5-6,8-9,11H2,1H3. The summed E-state index contributed by atoms with van der Waals surface area (Å²) in [6.45, 7) is 4.10. The molecule has 2 fully saturated rings. The summed E-state index contributed by atoms with van der Waals surface area (Å²) in [5.41, 5.74) is 0. The zero-order valence-electron chi connectivity index (χ0n) is 12.8. The molecule has 1 aromatic rings. The van der Waals surface area contributed by atoms with Crippen molar-refractivity contribution in [3.8, 4) is 0 Å². The van der Waals surface area contributed by atoms with Gasteiger partial charge in [0.15, 0.2) is 0 Å². The van der Waals surface area contributed by atoms with Crippen LogP contribution in [0.1, 0.15) is 32.6 Å². The fourth-order valence-electron chi connectivity index (χ4n) is 3.40. The van der Waals surface area contributed by atoms with E-state index in [1.807, 2.05) is 4.90 Å². The predicted octanol–water partition coefficient (Wildman–Crippen LogP) is 2.16. The van der Waals surface area contributed by atoms with E-state index in [2.05, 4.69) is 6.92 Å². The Bertz CT molecular complexity index is 627. The largest absolute Gasteiger partial charge is 0.341 e. The fourth-order valence-corrected chi connectivity index (χ4v) is 6.17. The maximum Gasteiger partial charge on any atom is 0.253 e. The molecule has 2 saturated heterocycles. The molecule has 0 aliphatic carbocycles. The summed E-state index contributed by atoms with van der Waals surface area (Å²) in [7, 11) is -3.54. The Morgan fingerprint density at radius 3 is 2.73 bits per heavy atom. The summed E-state index contributed by atoms with van der Waals surface area (Å²) in [6, 6.07) is 2.83. The Hall–Kier alpha value is -0.920. The van der Waals surface area contributed by atoms with Crippen LogP contribution in [0, 0.1) is 5.92 Å². The monoisotopic (exact) mass is 342 g/mol.